The average molecular weight is 358 g/mol. The Morgan fingerprint density at radius 2 is 1.88 bits per heavy atom. The van der Waals surface area contributed by atoms with Gasteiger partial charge in [-0.15, -0.1) is 0 Å². The lowest BCUT2D eigenvalue weighted by Gasteiger charge is -2.21. The third kappa shape index (κ3) is 5.76. The number of esters is 1. The number of unbranched alkanes of at least 4 members (excludes halogenated alkanes) is 2. The summed E-state index contributed by atoms with van der Waals surface area (Å²) in [5, 5.41) is 11.9. The number of hydrogen-bond donors (Lipinski definition) is 1. The van der Waals surface area contributed by atoms with Gasteiger partial charge in [-0.05, 0) is 56.4 Å². The molecule has 0 bridgehead atoms. The maximum Gasteiger partial charge on any atom is 0.338 e. The normalized spacial score (nSPS) is 15.1. The van der Waals surface area contributed by atoms with Crippen molar-refractivity contribution in [1.82, 2.24) is 5.32 Å². The van der Waals surface area contributed by atoms with Crippen LogP contribution in [0, 0.1) is 11.3 Å². The molecule has 140 valence electrons. The molecular weight excluding hydrogens is 332 g/mol. The van der Waals surface area contributed by atoms with Gasteiger partial charge in [0.05, 0.1) is 18.2 Å². The fraction of sp³-hybridized carbons (Fsp3) is 0.550. The van der Waals surface area contributed by atoms with E-state index in [-0.39, 0.29) is 0 Å². The first-order valence-corrected chi connectivity index (χ1v) is 9.21. The molecule has 26 heavy (non-hydrogen) atoms. The summed E-state index contributed by atoms with van der Waals surface area (Å²) in [6.07, 6.45) is 6.38. The minimum Gasteiger partial charge on any atom is -0.494 e. The molecule has 1 aliphatic carbocycles. The molecule has 1 aromatic carbocycles. The molecule has 0 aliphatic heterocycles. The quantitative estimate of drug-likeness (QED) is 0.540. The van der Waals surface area contributed by atoms with Gasteiger partial charge in [-0.3, -0.25) is 4.79 Å². The highest BCUT2D eigenvalue weighted by Crippen LogP contribution is 2.28. The first-order valence-electron chi connectivity index (χ1n) is 9.21. The van der Waals surface area contributed by atoms with Crippen molar-refractivity contribution in [2.45, 2.75) is 57.4 Å². The molecule has 0 radical (unpaired) electrons. The van der Waals surface area contributed by atoms with E-state index in [0.717, 1.165) is 32.1 Å². The third-order valence-corrected chi connectivity index (χ3v) is 4.49. The van der Waals surface area contributed by atoms with Crippen LogP contribution in [0.5, 0.6) is 5.75 Å². The molecule has 0 aromatic heterocycles. The van der Waals surface area contributed by atoms with Crippen molar-refractivity contribution in [3.05, 3.63) is 29.8 Å². The number of ether oxygens (including phenoxy) is 2. The number of nitrogens with one attached hydrogen (secondary N) is 1. The zero-order chi connectivity index (χ0) is 18.8. The molecule has 1 saturated carbocycles. The third-order valence-electron chi connectivity index (χ3n) is 4.49. The molecule has 1 N–H and O–H groups in total. The van der Waals surface area contributed by atoms with Crippen LogP contribution in [0.2, 0.25) is 0 Å². The highest BCUT2D eigenvalue weighted by molar-refractivity contribution is 5.91. The Kier molecular flexibility index (Phi) is 7.46. The molecule has 6 heteroatoms. The van der Waals surface area contributed by atoms with Crippen LogP contribution < -0.4 is 10.1 Å². The first-order chi connectivity index (χ1) is 12.6. The SMILES string of the molecule is CCCCCOc1ccc(C(=O)OCC(=O)NC2(C#N)CCCC2)cc1. The summed E-state index contributed by atoms with van der Waals surface area (Å²) >= 11 is 0. The van der Waals surface area contributed by atoms with Crippen molar-refractivity contribution in [3.8, 4) is 11.8 Å². The Morgan fingerprint density at radius 3 is 2.50 bits per heavy atom. The minimum atomic E-state index is -0.805. The molecule has 1 fully saturated rings. The fourth-order valence-corrected chi connectivity index (χ4v) is 2.99. The summed E-state index contributed by atoms with van der Waals surface area (Å²) in [5.41, 5.74) is -0.449. The van der Waals surface area contributed by atoms with Crippen molar-refractivity contribution in [1.29, 1.82) is 5.26 Å². The highest BCUT2D eigenvalue weighted by Gasteiger charge is 2.35. The predicted molar refractivity (Wildman–Crippen MR) is 96.7 cm³/mol. The summed E-state index contributed by atoms with van der Waals surface area (Å²) in [7, 11) is 0. The number of carbonyl (C=O) groups is 2. The van der Waals surface area contributed by atoms with Crippen LogP contribution in [0.4, 0.5) is 0 Å². The maximum absolute atomic E-state index is 12.0. The van der Waals surface area contributed by atoms with Gasteiger partial charge in [-0.2, -0.15) is 5.26 Å². The van der Waals surface area contributed by atoms with Gasteiger partial charge in [0, 0.05) is 0 Å². The molecule has 0 spiro atoms. The van der Waals surface area contributed by atoms with Gasteiger partial charge in [0.25, 0.3) is 5.91 Å². The van der Waals surface area contributed by atoms with Crippen molar-refractivity contribution in [2.75, 3.05) is 13.2 Å². The van der Waals surface area contributed by atoms with Crippen LogP contribution >= 0.6 is 0 Å². The molecular formula is C20H26N2O4. The van der Waals surface area contributed by atoms with E-state index in [4.69, 9.17) is 9.47 Å². The molecule has 0 atom stereocenters. The number of carbonyl (C=O) groups excluding carboxylic acids is 2. The molecule has 0 heterocycles. The number of nitrogens with zero attached hydrogens (tertiary/aromatic N) is 1. The van der Waals surface area contributed by atoms with Gasteiger partial charge in [0.15, 0.2) is 6.61 Å². The van der Waals surface area contributed by atoms with Gasteiger partial charge in [0.1, 0.15) is 11.3 Å². The standard InChI is InChI=1S/C20H26N2O4/c1-2-3-6-13-25-17-9-7-16(8-10-17)19(24)26-14-18(23)22-20(15-21)11-4-5-12-20/h7-10H,2-6,11-14H2,1H3,(H,22,23). The average Bonchev–Trinajstić information content (AvgIpc) is 3.13. The lowest BCUT2D eigenvalue weighted by molar-refractivity contribution is -0.125. The summed E-state index contributed by atoms with van der Waals surface area (Å²) < 4.78 is 10.6. The van der Waals surface area contributed by atoms with Crippen LogP contribution in [-0.2, 0) is 9.53 Å². The molecule has 1 amide bonds. The van der Waals surface area contributed by atoms with Gasteiger partial charge in [-0.25, -0.2) is 4.79 Å². The largest absolute Gasteiger partial charge is 0.494 e. The van der Waals surface area contributed by atoms with E-state index in [0.29, 0.717) is 30.8 Å². The Hall–Kier alpha value is -2.55. The predicted octanol–water partition coefficient (Wildman–Crippen LogP) is 3.36. The Bertz CT molecular complexity index is 643. The molecule has 1 aliphatic rings. The van der Waals surface area contributed by atoms with Gasteiger partial charge in [0.2, 0.25) is 0 Å². The summed E-state index contributed by atoms with van der Waals surface area (Å²) in [6, 6.07) is 8.83. The van der Waals surface area contributed by atoms with Crippen LogP contribution in [0.25, 0.3) is 0 Å². The second kappa shape index (κ2) is 9.81. The van der Waals surface area contributed by atoms with Crippen LogP contribution in [-0.4, -0.2) is 30.6 Å². The lowest BCUT2D eigenvalue weighted by atomic mass is 10.00. The molecule has 6 nitrogen and oxygen atoms in total. The van der Waals surface area contributed by atoms with Crippen molar-refractivity contribution >= 4 is 11.9 Å². The molecule has 0 saturated heterocycles. The van der Waals surface area contributed by atoms with Crippen LogP contribution in [0.1, 0.15) is 62.2 Å². The Labute approximate surface area is 154 Å². The smallest absolute Gasteiger partial charge is 0.338 e. The zero-order valence-corrected chi connectivity index (χ0v) is 15.3. The van der Waals surface area contributed by atoms with E-state index in [1.165, 1.54) is 0 Å². The van der Waals surface area contributed by atoms with E-state index in [9.17, 15) is 14.9 Å². The summed E-state index contributed by atoms with van der Waals surface area (Å²) in [5.74, 6) is -0.319. The van der Waals surface area contributed by atoms with Crippen LogP contribution in [0.15, 0.2) is 24.3 Å². The van der Waals surface area contributed by atoms with Crippen LogP contribution in [0.3, 0.4) is 0 Å². The van der Waals surface area contributed by atoms with E-state index in [1.54, 1.807) is 24.3 Å². The lowest BCUT2D eigenvalue weighted by Crippen LogP contribution is -2.46. The number of benzene rings is 1. The molecule has 1 aromatic rings. The fourth-order valence-electron chi connectivity index (χ4n) is 2.99. The maximum atomic E-state index is 12.0. The minimum absolute atomic E-state index is 0.356. The van der Waals surface area contributed by atoms with Crippen molar-refractivity contribution in [2.24, 2.45) is 0 Å². The number of hydrogen-bond acceptors (Lipinski definition) is 5. The molecule has 0 unspecified atom stereocenters. The highest BCUT2D eigenvalue weighted by atomic mass is 16.5. The summed E-state index contributed by atoms with van der Waals surface area (Å²) in [4.78, 5) is 24.0. The topological polar surface area (TPSA) is 88.4 Å². The van der Waals surface area contributed by atoms with Crippen molar-refractivity contribution < 1.29 is 19.1 Å². The van der Waals surface area contributed by atoms with E-state index in [2.05, 4.69) is 18.3 Å². The second-order valence-corrected chi connectivity index (χ2v) is 6.61. The zero-order valence-electron chi connectivity index (χ0n) is 15.3. The molecule has 2 rings (SSSR count). The summed E-state index contributed by atoms with van der Waals surface area (Å²) in [6.45, 7) is 2.39. The monoisotopic (exact) mass is 358 g/mol. The van der Waals surface area contributed by atoms with Gasteiger partial charge >= 0.3 is 5.97 Å². The Morgan fingerprint density at radius 1 is 1.19 bits per heavy atom. The van der Waals surface area contributed by atoms with Gasteiger partial charge in [-0.1, -0.05) is 19.8 Å². The van der Waals surface area contributed by atoms with Gasteiger partial charge < -0.3 is 14.8 Å². The Balaban J connectivity index is 1.76. The number of nitriles is 1. The van der Waals surface area contributed by atoms with E-state index >= 15 is 0 Å². The first kappa shape index (κ1) is 19.8. The number of amides is 1. The van der Waals surface area contributed by atoms with Crippen molar-refractivity contribution in [3.63, 3.8) is 0 Å². The second-order valence-electron chi connectivity index (χ2n) is 6.61. The van der Waals surface area contributed by atoms with E-state index in [1.807, 2.05) is 0 Å². The van der Waals surface area contributed by atoms with E-state index < -0.39 is 24.0 Å². The number of rotatable bonds is 9.